The van der Waals surface area contributed by atoms with E-state index in [1.54, 1.807) is 6.20 Å². The minimum absolute atomic E-state index is 0.203. The summed E-state index contributed by atoms with van der Waals surface area (Å²) >= 11 is 3.47. The fraction of sp³-hybridized carbons (Fsp3) is 0.242. The number of aromatic nitrogens is 1. The van der Waals surface area contributed by atoms with E-state index >= 15 is 0 Å². The molecule has 0 saturated heterocycles. The zero-order valence-corrected chi connectivity index (χ0v) is 25.0. The van der Waals surface area contributed by atoms with Crippen LogP contribution in [0.5, 0.6) is 5.75 Å². The number of pyridine rings is 1. The first kappa shape index (κ1) is 32.1. The molecule has 1 aromatic heterocycles. The Hall–Kier alpha value is -3.46. The maximum Gasteiger partial charge on any atom is 0.416 e. The summed E-state index contributed by atoms with van der Waals surface area (Å²) in [6.45, 7) is 1.65. The molecule has 4 nitrogen and oxygen atoms in total. The quantitative estimate of drug-likeness (QED) is 0.192. The van der Waals surface area contributed by atoms with Crippen molar-refractivity contribution in [3.8, 4) is 5.75 Å². The number of likely N-dealkylation sites (N-methyl/N-ethyl adjacent to an activating group) is 1. The molecule has 0 aliphatic carbocycles. The number of benzene rings is 3. The van der Waals surface area contributed by atoms with Gasteiger partial charge in [-0.2, -0.15) is 13.2 Å². The first-order chi connectivity index (χ1) is 19.7. The van der Waals surface area contributed by atoms with Gasteiger partial charge in [-0.05, 0) is 86.9 Å². The molecule has 0 aliphatic rings. The molecule has 8 heteroatoms. The molecule has 4 aromatic rings. The van der Waals surface area contributed by atoms with E-state index in [0.717, 1.165) is 47.2 Å². The molecule has 41 heavy (non-hydrogen) atoms. The average Bonchev–Trinajstić information content (AvgIpc) is 2.97. The Morgan fingerprint density at radius 1 is 0.927 bits per heavy atom. The number of halogens is 4. The van der Waals surface area contributed by atoms with Crippen LogP contribution >= 0.6 is 15.9 Å². The zero-order valence-electron chi connectivity index (χ0n) is 23.4. The van der Waals surface area contributed by atoms with Crippen molar-refractivity contribution in [2.24, 2.45) is 0 Å². The van der Waals surface area contributed by atoms with Crippen LogP contribution in [0.2, 0.25) is 0 Å². The van der Waals surface area contributed by atoms with Crippen molar-refractivity contribution in [1.29, 1.82) is 0 Å². The topological polar surface area (TPSA) is 37.4 Å². The third-order valence-electron chi connectivity index (χ3n) is 6.08. The minimum atomic E-state index is -4.33. The van der Waals surface area contributed by atoms with Gasteiger partial charge in [-0.3, -0.25) is 4.98 Å². The van der Waals surface area contributed by atoms with Crippen LogP contribution in [0.3, 0.4) is 0 Å². The Labute approximate surface area is 249 Å². The van der Waals surface area contributed by atoms with Gasteiger partial charge in [-0.15, -0.1) is 0 Å². The van der Waals surface area contributed by atoms with Crippen LogP contribution in [0.15, 0.2) is 114 Å². The predicted octanol–water partition coefficient (Wildman–Crippen LogP) is 8.27. The summed E-state index contributed by atoms with van der Waals surface area (Å²) < 4.78 is 44.6. The maximum absolute atomic E-state index is 12.6. The van der Waals surface area contributed by atoms with Gasteiger partial charge in [0.2, 0.25) is 0 Å². The van der Waals surface area contributed by atoms with E-state index in [1.807, 2.05) is 49.6 Å². The Morgan fingerprint density at radius 2 is 1.61 bits per heavy atom. The number of rotatable bonds is 10. The number of hydrogen-bond acceptors (Lipinski definition) is 4. The Balaban J connectivity index is 0.000000228. The molecule has 1 unspecified atom stereocenters. The molecule has 1 heterocycles. The molecule has 3 aromatic carbocycles. The zero-order chi connectivity index (χ0) is 29.7. The fourth-order valence-electron chi connectivity index (χ4n) is 3.95. The summed E-state index contributed by atoms with van der Waals surface area (Å²) in [4.78, 5) is 6.36. The van der Waals surface area contributed by atoms with E-state index in [9.17, 15) is 13.2 Å². The summed E-state index contributed by atoms with van der Waals surface area (Å²) in [6.07, 6.45) is 2.13. The Kier molecular flexibility index (Phi) is 12.6. The lowest BCUT2D eigenvalue weighted by Gasteiger charge is -2.20. The average molecular weight is 627 g/mol. The smallest absolute Gasteiger partial charge is 0.416 e. The molecule has 0 radical (unpaired) electrons. The maximum atomic E-state index is 12.6. The summed E-state index contributed by atoms with van der Waals surface area (Å²) in [6, 6.07) is 26.9. The molecule has 1 N–H and O–H groups in total. The van der Waals surface area contributed by atoms with Gasteiger partial charge < -0.3 is 15.0 Å². The van der Waals surface area contributed by atoms with Crippen molar-refractivity contribution in [3.05, 3.63) is 136 Å². The largest absolute Gasteiger partial charge is 0.486 e. The second-order valence-electron chi connectivity index (χ2n) is 9.56. The summed E-state index contributed by atoms with van der Waals surface area (Å²) in [5, 5.41) is 3.05. The molecule has 0 bridgehead atoms. The number of alkyl halides is 3. The third-order valence-corrected chi connectivity index (χ3v) is 6.60. The normalized spacial score (nSPS) is 12.4. The highest BCUT2D eigenvalue weighted by atomic mass is 79.9. The standard InChI is InChI=1S/C17H18F3NO.C16H17BrN2/c1-21-12-11-16(13-5-3-2-4-6-13)22-15-9-7-14(8-10-15)17(18,19)20;1-19(2)11-9-16(14-4-3-10-18-12-14)13-5-7-15(17)8-6-13/h2-10,16,21H,11-12H2,1H3;3-10,12H,11H2,1-2H3/b;16-9-. The van der Waals surface area contributed by atoms with Crippen molar-refractivity contribution in [1.82, 2.24) is 15.2 Å². The summed E-state index contributed by atoms with van der Waals surface area (Å²) in [5.41, 5.74) is 3.89. The van der Waals surface area contributed by atoms with Crippen LogP contribution in [-0.2, 0) is 6.18 Å². The molecular formula is C33H35BrF3N3O. The monoisotopic (exact) mass is 625 g/mol. The van der Waals surface area contributed by atoms with E-state index in [2.05, 4.69) is 81.6 Å². The molecule has 0 aliphatic heterocycles. The lowest BCUT2D eigenvalue weighted by atomic mass is 9.99. The SMILES string of the molecule is CN(C)C/C=C(/c1ccc(Br)cc1)c1cccnc1.CNCCC(Oc1ccc(C(F)(F)F)cc1)c1ccccc1. The highest BCUT2D eigenvalue weighted by Gasteiger charge is 2.30. The van der Waals surface area contributed by atoms with Gasteiger partial charge in [0.15, 0.2) is 0 Å². The van der Waals surface area contributed by atoms with Crippen LogP contribution in [0.4, 0.5) is 13.2 Å². The first-order valence-corrected chi connectivity index (χ1v) is 14.0. The Bertz CT molecular complexity index is 1330. The molecular weight excluding hydrogens is 591 g/mol. The second-order valence-corrected chi connectivity index (χ2v) is 10.5. The van der Waals surface area contributed by atoms with Crippen molar-refractivity contribution in [2.75, 3.05) is 34.2 Å². The van der Waals surface area contributed by atoms with E-state index in [1.165, 1.54) is 23.3 Å². The molecule has 0 amide bonds. The van der Waals surface area contributed by atoms with Crippen molar-refractivity contribution >= 4 is 21.5 Å². The van der Waals surface area contributed by atoms with Crippen molar-refractivity contribution < 1.29 is 17.9 Å². The van der Waals surface area contributed by atoms with E-state index < -0.39 is 11.7 Å². The second kappa shape index (κ2) is 16.1. The number of ether oxygens (including phenoxy) is 1. The van der Waals surface area contributed by atoms with Crippen LogP contribution in [-0.4, -0.2) is 44.1 Å². The van der Waals surface area contributed by atoms with E-state index in [4.69, 9.17) is 4.74 Å². The molecule has 0 saturated carbocycles. The highest BCUT2D eigenvalue weighted by molar-refractivity contribution is 9.10. The molecule has 1 atom stereocenters. The van der Waals surface area contributed by atoms with Crippen molar-refractivity contribution in [2.45, 2.75) is 18.7 Å². The third kappa shape index (κ3) is 10.8. The lowest BCUT2D eigenvalue weighted by molar-refractivity contribution is -0.137. The molecule has 0 fully saturated rings. The molecule has 216 valence electrons. The number of hydrogen-bond donors (Lipinski definition) is 1. The van der Waals surface area contributed by atoms with Gasteiger partial charge >= 0.3 is 6.18 Å². The van der Waals surface area contributed by atoms with Crippen LogP contribution in [0, 0.1) is 0 Å². The minimum Gasteiger partial charge on any atom is -0.486 e. The van der Waals surface area contributed by atoms with E-state index in [-0.39, 0.29) is 6.10 Å². The molecule has 0 spiro atoms. The highest BCUT2D eigenvalue weighted by Crippen LogP contribution is 2.32. The predicted molar refractivity (Wildman–Crippen MR) is 164 cm³/mol. The van der Waals surface area contributed by atoms with Gasteiger partial charge in [0.25, 0.3) is 0 Å². The van der Waals surface area contributed by atoms with Crippen LogP contribution in [0.25, 0.3) is 5.57 Å². The fourth-order valence-corrected chi connectivity index (χ4v) is 4.22. The van der Waals surface area contributed by atoms with Gasteiger partial charge in [-0.25, -0.2) is 0 Å². The number of nitrogens with one attached hydrogen (secondary N) is 1. The Morgan fingerprint density at radius 3 is 2.17 bits per heavy atom. The molecule has 4 rings (SSSR count). The van der Waals surface area contributed by atoms with Crippen LogP contribution < -0.4 is 10.1 Å². The van der Waals surface area contributed by atoms with Gasteiger partial charge in [-0.1, -0.05) is 70.5 Å². The van der Waals surface area contributed by atoms with E-state index in [0.29, 0.717) is 5.75 Å². The lowest BCUT2D eigenvalue weighted by Crippen LogP contribution is -2.16. The summed E-state index contributed by atoms with van der Waals surface area (Å²) in [5.74, 6) is 0.429. The van der Waals surface area contributed by atoms with Crippen LogP contribution in [0.1, 0.15) is 34.8 Å². The summed E-state index contributed by atoms with van der Waals surface area (Å²) in [7, 11) is 5.98. The van der Waals surface area contributed by atoms with Gasteiger partial charge in [0.1, 0.15) is 11.9 Å². The van der Waals surface area contributed by atoms with Gasteiger partial charge in [0.05, 0.1) is 5.56 Å². The number of nitrogens with zero attached hydrogens (tertiary/aromatic N) is 2. The van der Waals surface area contributed by atoms with Crippen molar-refractivity contribution in [3.63, 3.8) is 0 Å². The van der Waals surface area contributed by atoms with Gasteiger partial charge in [0, 0.05) is 35.4 Å². The first-order valence-electron chi connectivity index (χ1n) is 13.2.